The summed E-state index contributed by atoms with van der Waals surface area (Å²) in [4.78, 5) is 41.8. The third-order valence-corrected chi connectivity index (χ3v) is 4.60. The number of esters is 1. The Morgan fingerprint density at radius 2 is 1.90 bits per heavy atom. The largest absolute Gasteiger partial charge is 0.454 e. The van der Waals surface area contributed by atoms with E-state index in [2.05, 4.69) is 10.1 Å². The number of aromatic nitrogens is 2. The minimum Gasteiger partial charge on any atom is -0.454 e. The van der Waals surface area contributed by atoms with Crippen molar-refractivity contribution in [2.75, 3.05) is 6.54 Å². The maximum atomic E-state index is 12.5. The molecule has 0 aliphatic carbocycles. The zero-order chi connectivity index (χ0) is 20.4. The van der Waals surface area contributed by atoms with Crippen LogP contribution < -0.4 is 0 Å². The van der Waals surface area contributed by atoms with Gasteiger partial charge in [-0.3, -0.25) is 19.3 Å². The number of carbonyl (C=O) groups is 3. The predicted octanol–water partition coefficient (Wildman–Crippen LogP) is 2.66. The van der Waals surface area contributed by atoms with E-state index in [1.807, 2.05) is 0 Å². The van der Waals surface area contributed by atoms with Crippen LogP contribution in [0.5, 0.6) is 0 Å². The monoisotopic (exact) mass is 411 g/mol. The first kappa shape index (κ1) is 18.8. The third-order valence-electron chi connectivity index (χ3n) is 4.35. The van der Waals surface area contributed by atoms with Crippen molar-refractivity contribution in [1.82, 2.24) is 15.0 Å². The quantitative estimate of drug-likeness (QED) is 0.469. The molecule has 2 heterocycles. The molecule has 146 valence electrons. The second-order valence-electron chi connectivity index (χ2n) is 6.30. The summed E-state index contributed by atoms with van der Waals surface area (Å²) in [5.41, 5.74) is 1.75. The highest BCUT2D eigenvalue weighted by Crippen LogP contribution is 2.20. The number of halogens is 1. The smallest absolute Gasteiger partial charge is 0.326 e. The number of nitrogens with zero attached hydrogens (tertiary/aromatic N) is 3. The summed E-state index contributed by atoms with van der Waals surface area (Å²) in [6.45, 7) is -0.754. The second-order valence-corrected chi connectivity index (χ2v) is 6.73. The van der Waals surface area contributed by atoms with Gasteiger partial charge >= 0.3 is 5.97 Å². The van der Waals surface area contributed by atoms with Crippen LogP contribution in [-0.4, -0.2) is 39.4 Å². The normalized spacial score (nSPS) is 13.3. The van der Waals surface area contributed by atoms with Crippen LogP contribution in [-0.2, 0) is 27.4 Å². The van der Waals surface area contributed by atoms with Gasteiger partial charge in [0, 0.05) is 16.1 Å². The van der Waals surface area contributed by atoms with Gasteiger partial charge in [0.05, 0.1) is 6.42 Å². The first-order valence-corrected chi connectivity index (χ1v) is 9.06. The molecule has 1 aromatic heterocycles. The van der Waals surface area contributed by atoms with Gasteiger partial charge in [-0.1, -0.05) is 35.0 Å². The Morgan fingerprint density at radius 3 is 2.69 bits per heavy atom. The van der Waals surface area contributed by atoms with Crippen molar-refractivity contribution in [3.8, 4) is 11.4 Å². The van der Waals surface area contributed by atoms with E-state index in [9.17, 15) is 14.4 Å². The molecule has 0 bridgehead atoms. The maximum absolute atomic E-state index is 12.5. The Morgan fingerprint density at radius 1 is 1.14 bits per heavy atom. The van der Waals surface area contributed by atoms with Crippen LogP contribution in [0.15, 0.2) is 53.1 Å². The lowest BCUT2D eigenvalue weighted by atomic mass is 9.98. The van der Waals surface area contributed by atoms with Crippen LogP contribution in [0.4, 0.5) is 0 Å². The van der Waals surface area contributed by atoms with Gasteiger partial charge in [0.1, 0.15) is 6.54 Å². The summed E-state index contributed by atoms with van der Waals surface area (Å²) in [5.74, 6) is -1.31. The van der Waals surface area contributed by atoms with Gasteiger partial charge in [0.2, 0.25) is 11.7 Å². The molecule has 4 rings (SSSR count). The Hall–Kier alpha value is -3.52. The van der Waals surface area contributed by atoms with E-state index in [4.69, 9.17) is 20.9 Å². The highest BCUT2D eigenvalue weighted by molar-refractivity contribution is 6.30. The van der Waals surface area contributed by atoms with E-state index in [1.165, 1.54) is 0 Å². The van der Waals surface area contributed by atoms with Crippen molar-refractivity contribution in [1.29, 1.82) is 0 Å². The molecule has 0 N–H and O–H groups in total. The molecule has 1 aliphatic rings. The van der Waals surface area contributed by atoms with Crippen LogP contribution in [0.1, 0.15) is 21.8 Å². The van der Waals surface area contributed by atoms with Gasteiger partial charge in [-0.15, -0.1) is 0 Å². The van der Waals surface area contributed by atoms with Gasteiger partial charge in [-0.25, -0.2) is 0 Å². The number of benzene rings is 2. The highest BCUT2D eigenvalue weighted by atomic mass is 35.5. The minimum atomic E-state index is -0.752. The van der Waals surface area contributed by atoms with Crippen molar-refractivity contribution >= 4 is 29.4 Å². The molecule has 8 nitrogen and oxygen atoms in total. The molecule has 29 heavy (non-hydrogen) atoms. The van der Waals surface area contributed by atoms with Crippen molar-refractivity contribution < 1.29 is 23.6 Å². The fraction of sp³-hybridized carbons (Fsp3) is 0.150. The van der Waals surface area contributed by atoms with Crippen LogP contribution >= 0.6 is 11.6 Å². The van der Waals surface area contributed by atoms with Crippen molar-refractivity contribution in [3.05, 3.63) is 70.6 Å². The van der Waals surface area contributed by atoms with Gasteiger partial charge in [-0.05, 0) is 35.9 Å². The van der Waals surface area contributed by atoms with Crippen molar-refractivity contribution in [2.45, 2.75) is 13.0 Å². The number of imide groups is 1. The lowest BCUT2D eigenvalue weighted by molar-refractivity contribution is -0.149. The van der Waals surface area contributed by atoms with Gasteiger partial charge in [0.25, 0.3) is 11.8 Å². The van der Waals surface area contributed by atoms with E-state index in [1.54, 1.807) is 48.5 Å². The average molecular weight is 412 g/mol. The number of fused-ring (bicyclic) bond motifs is 1. The molecule has 0 atom stereocenters. The first-order valence-electron chi connectivity index (χ1n) is 8.68. The molecule has 0 spiro atoms. The molecule has 0 unspecified atom stereocenters. The highest BCUT2D eigenvalue weighted by Gasteiger charge is 2.32. The summed E-state index contributed by atoms with van der Waals surface area (Å²) in [6, 6.07) is 13.6. The summed E-state index contributed by atoms with van der Waals surface area (Å²) in [7, 11) is 0. The zero-order valence-electron chi connectivity index (χ0n) is 15.0. The molecule has 2 amide bonds. The Labute approximate surface area is 170 Å². The van der Waals surface area contributed by atoms with Crippen LogP contribution in [0, 0.1) is 0 Å². The van der Waals surface area contributed by atoms with Gasteiger partial charge < -0.3 is 9.26 Å². The number of rotatable bonds is 5. The number of hydrogen-bond donors (Lipinski definition) is 0. The maximum Gasteiger partial charge on any atom is 0.326 e. The Bertz CT molecular complexity index is 1090. The number of hydrogen-bond acceptors (Lipinski definition) is 7. The molecule has 1 aliphatic heterocycles. The lowest BCUT2D eigenvalue weighted by Crippen LogP contribution is -2.45. The van der Waals surface area contributed by atoms with E-state index < -0.39 is 24.3 Å². The van der Waals surface area contributed by atoms with Gasteiger partial charge in [0.15, 0.2) is 6.61 Å². The molecule has 0 radical (unpaired) electrons. The molecule has 0 saturated heterocycles. The summed E-state index contributed by atoms with van der Waals surface area (Å²) >= 11 is 5.84. The SMILES string of the molecule is O=C(CN1C(=O)Cc2ccccc2C1=O)OCc1nc(-c2ccc(Cl)cc2)no1. The van der Waals surface area contributed by atoms with Crippen molar-refractivity contribution in [3.63, 3.8) is 0 Å². The summed E-state index contributed by atoms with van der Waals surface area (Å²) < 4.78 is 10.1. The first-order chi connectivity index (χ1) is 14.0. The number of amides is 2. The third kappa shape index (κ3) is 4.02. The molecular formula is C20H14ClN3O5. The van der Waals surface area contributed by atoms with E-state index in [0.29, 0.717) is 27.5 Å². The van der Waals surface area contributed by atoms with Crippen LogP contribution in [0.2, 0.25) is 5.02 Å². The summed E-state index contributed by atoms with van der Waals surface area (Å²) in [5, 5.41) is 4.40. The molecule has 9 heteroatoms. The molecule has 0 saturated carbocycles. The molecule has 2 aromatic carbocycles. The lowest BCUT2D eigenvalue weighted by Gasteiger charge is -2.25. The van der Waals surface area contributed by atoms with E-state index in [-0.39, 0.29) is 18.9 Å². The van der Waals surface area contributed by atoms with Gasteiger partial charge in [-0.2, -0.15) is 4.98 Å². The number of carbonyl (C=O) groups excluding carboxylic acids is 3. The van der Waals surface area contributed by atoms with E-state index >= 15 is 0 Å². The Balaban J connectivity index is 1.37. The second kappa shape index (κ2) is 7.84. The van der Waals surface area contributed by atoms with Crippen LogP contribution in [0.25, 0.3) is 11.4 Å². The Kier molecular flexibility index (Phi) is 5.09. The minimum absolute atomic E-state index is 0.0588. The predicted molar refractivity (Wildman–Crippen MR) is 101 cm³/mol. The molecule has 0 fully saturated rings. The zero-order valence-corrected chi connectivity index (χ0v) is 15.8. The van der Waals surface area contributed by atoms with E-state index in [0.717, 1.165) is 4.90 Å². The number of ether oxygens (including phenoxy) is 1. The fourth-order valence-corrected chi connectivity index (χ4v) is 3.03. The molecule has 3 aromatic rings. The fourth-order valence-electron chi connectivity index (χ4n) is 2.91. The molecular weight excluding hydrogens is 398 g/mol. The van der Waals surface area contributed by atoms with Crippen molar-refractivity contribution in [2.24, 2.45) is 0 Å². The summed E-state index contributed by atoms with van der Waals surface area (Å²) in [6.07, 6.45) is 0.0588. The topological polar surface area (TPSA) is 103 Å². The standard InChI is InChI=1S/C20H14ClN3O5/c21-14-7-5-12(6-8-14)19-22-16(29-23-19)11-28-18(26)10-24-17(25)9-13-3-1-2-4-15(13)20(24)27/h1-8H,9-11H2. The van der Waals surface area contributed by atoms with Crippen LogP contribution in [0.3, 0.4) is 0 Å². The average Bonchev–Trinajstić information content (AvgIpc) is 3.19.